The van der Waals surface area contributed by atoms with Crippen molar-refractivity contribution in [3.63, 3.8) is 0 Å². The number of carbonyl (C=O) groups is 2. The lowest BCUT2D eigenvalue weighted by atomic mass is 9.91. The van der Waals surface area contributed by atoms with Crippen molar-refractivity contribution in [3.8, 4) is 5.75 Å². The van der Waals surface area contributed by atoms with Gasteiger partial charge in [-0.3, -0.25) is 4.79 Å². The van der Waals surface area contributed by atoms with Crippen molar-refractivity contribution in [1.82, 2.24) is 0 Å². The van der Waals surface area contributed by atoms with Crippen LogP contribution in [0.15, 0.2) is 64.4 Å². The second-order valence-corrected chi connectivity index (χ2v) is 8.97. The van der Waals surface area contributed by atoms with E-state index in [9.17, 15) is 18.0 Å². The molecule has 0 atom stereocenters. The molecule has 0 aromatic heterocycles. The second-order valence-electron chi connectivity index (χ2n) is 7.09. The molecule has 166 valence electrons. The molecule has 7 nitrogen and oxygen atoms in total. The smallest absolute Gasteiger partial charge is 0.339 e. The number of hydrogen-bond donors (Lipinski definition) is 1. The lowest BCUT2D eigenvalue weighted by Crippen LogP contribution is -2.20. The van der Waals surface area contributed by atoms with Crippen molar-refractivity contribution < 1.29 is 27.5 Å². The average molecular weight is 454 g/mol. The van der Waals surface area contributed by atoms with Gasteiger partial charge in [0.05, 0.1) is 35.1 Å². The van der Waals surface area contributed by atoms with Gasteiger partial charge < -0.3 is 15.2 Å². The van der Waals surface area contributed by atoms with Crippen molar-refractivity contribution in [3.05, 3.63) is 82.4 Å². The van der Waals surface area contributed by atoms with Gasteiger partial charge in [-0.15, -0.1) is 0 Å². The highest BCUT2D eigenvalue weighted by Crippen LogP contribution is 2.37. The summed E-state index contributed by atoms with van der Waals surface area (Å²) in [5.74, 6) is -0.407. The predicted molar refractivity (Wildman–Crippen MR) is 120 cm³/mol. The summed E-state index contributed by atoms with van der Waals surface area (Å²) < 4.78 is 37.3. The Hall–Kier alpha value is -3.65. The van der Waals surface area contributed by atoms with E-state index in [1.165, 1.54) is 31.4 Å². The zero-order valence-corrected chi connectivity index (χ0v) is 18.7. The Balaban J connectivity index is 2.39. The molecule has 3 aromatic rings. The highest BCUT2D eigenvalue weighted by Gasteiger charge is 2.34. The van der Waals surface area contributed by atoms with Gasteiger partial charge in [0.15, 0.2) is 6.29 Å². The molecule has 0 bridgehead atoms. The Bertz CT molecular complexity index is 1270. The van der Waals surface area contributed by atoms with Gasteiger partial charge in [-0.2, -0.15) is 0 Å². The Morgan fingerprint density at radius 2 is 1.66 bits per heavy atom. The van der Waals surface area contributed by atoms with Crippen LogP contribution in [-0.2, 0) is 21.0 Å². The molecule has 2 N–H and O–H groups in total. The number of methoxy groups -OCH3 is 2. The number of benzene rings is 3. The van der Waals surface area contributed by atoms with E-state index >= 15 is 0 Å². The van der Waals surface area contributed by atoms with Crippen LogP contribution in [-0.4, -0.2) is 34.9 Å². The van der Waals surface area contributed by atoms with Crippen LogP contribution in [0.25, 0.3) is 0 Å². The quantitative estimate of drug-likeness (QED) is 0.330. The molecule has 0 radical (unpaired) electrons. The molecule has 0 heterocycles. The van der Waals surface area contributed by atoms with E-state index in [1.807, 2.05) is 30.3 Å². The second kappa shape index (κ2) is 9.23. The minimum atomic E-state index is -4.31. The van der Waals surface area contributed by atoms with E-state index in [1.54, 1.807) is 6.92 Å². The van der Waals surface area contributed by atoms with Crippen LogP contribution < -0.4 is 10.5 Å². The standard InChI is InChI=1S/C24H23NO6S/c1-15-19(13-16-7-5-4-6-8-16)21(24(27)31-3)23(20(14-26)22(15)25)32(28,29)18-11-9-17(30-2)10-12-18/h4-12,14H,13,25H2,1-3H3. The molecular weight excluding hydrogens is 430 g/mol. The SMILES string of the molecule is COC(=O)c1c(Cc2ccccc2)c(C)c(N)c(C=O)c1S(=O)(=O)c1ccc(OC)cc1. The minimum Gasteiger partial charge on any atom is -0.497 e. The van der Waals surface area contributed by atoms with Crippen molar-refractivity contribution in [2.24, 2.45) is 0 Å². The summed E-state index contributed by atoms with van der Waals surface area (Å²) in [5.41, 5.74) is 7.43. The molecule has 0 amide bonds. The molecule has 0 aliphatic carbocycles. The Kier molecular flexibility index (Phi) is 6.64. The fraction of sp³-hybridized carbons (Fsp3) is 0.167. The van der Waals surface area contributed by atoms with Gasteiger partial charge in [-0.25, -0.2) is 13.2 Å². The summed E-state index contributed by atoms with van der Waals surface area (Å²) in [6.45, 7) is 1.65. The van der Waals surface area contributed by atoms with Crippen LogP contribution >= 0.6 is 0 Å². The van der Waals surface area contributed by atoms with Crippen molar-refractivity contribution >= 4 is 27.8 Å². The number of sulfone groups is 1. The largest absolute Gasteiger partial charge is 0.497 e. The maximum absolute atomic E-state index is 13.7. The Morgan fingerprint density at radius 3 is 2.19 bits per heavy atom. The summed E-state index contributed by atoms with van der Waals surface area (Å²) in [6, 6.07) is 14.9. The van der Waals surface area contributed by atoms with Crippen LogP contribution in [0.5, 0.6) is 5.75 Å². The van der Waals surface area contributed by atoms with Gasteiger partial charge in [-0.05, 0) is 54.3 Å². The zero-order chi connectivity index (χ0) is 23.5. The van der Waals surface area contributed by atoms with Crippen LogP contribution in [0.3, 0.4) is 0 Å². The fourth-order valence-electron chi connectivity index (χ4n) is 3.55. The fourth-order valence-corrected chi connectivity index (χ4v) is 5.21. The molecule has 0 saturated heterocycles. The van der Waals surface area contributed by atoms with Gasteiger partial charge in [0.25, 0.3) is 0 Å². The van der Waals surface area contributed by atoms with Crippen molar-refractivity contribution in [2.75, 3.05) is 20.0 Å². The summed E-state index contributed by atoms with van der Waals surface area (Å²) in [7, 11) is -1.70. The van der Waals surface area contributed by atoms with E-state index in [0.717, 1.165) is 12.7 Å². The maximum atomic E-state index is 13.7. The number of nitrogens with two attached hydrogens (primary N) is 1. The van der Waals surface area contributed by atoms with E-state index in [4.69, 9.17) is 15.2 Å². The van der Waals surface area contributed by atoms with E-state index in [0.29, 0.717) is 23.2 Å². The van der Waals surface area contributed by atoms with E-state index in [2.05, 4.69) is 0 Å². The van der Waals surface area contributed by atoms with Gasteiger partial charge in [-0.1, -0.05) is 30.3 Å². The first-order chi connectivity index (χ1) is 15.3. The maximum Gasteiger partial charge on any atom is 0.339 e. The Labute approximate surface area is 186 Å². The molecule has 0 unspecified atom stereocenters. The number of hydrogen-bond acceptors (Lipinski definition) is 7. The molecule has 0 saturated carbocycles. The third-order valence-electron chi connectivity index (χ3n) is 5.29. The molecule has 0 fully saturated rings. The van der Waals surface area contributed by atoms with Crippen LogP contribution in [0.2, 0.25) is 0 Å². The number of anilines is 1. The molecule has 3 aromatic carbocycles. The van der Waals surface area contributed by atoms with Gasteiger partial charge in [0.1, 0.15) is 5.75 Å². The first-order valence-corrected chi connectivity index (χ1v) is 11.2. The monoisotopic (exact) mass is 453 g/mol. The molecule has 3 rings (SSSR count). The number of nitrogen functional groups attached to an aromatic ring is 1. The summed E-state index contributed by atoms with van der Waals surface area (Å²) >= 11 is 0. The first kappa shape index (κ1) is 23.0. The number of esters is 1. The normalized spacial score (nSPS) is 11.1. The third-order valence-corrected chi connectivity index (χ3v) is 7.14. The number of aldehydes is 1. The van der Waals surface area contributed by atoms with Gasteiger partial charge in [0.2, 0.25) is 9.84 Å². The summed E-state index contributed by atoms with van der Waals surface area (Å²) in [4.78, 5) is 24.3. The molecule has 32 heavy (non-hydrogen) atoms. The van der Waals surface area contributed by atoms with Crippen molar-refractivity contribution in [1.29, 1.82) is 0 Å². The Morgan fingerprint density at radius 1 is 1.03 bits per heavy atom. The van der Waals surface area contributed by atoms with Gasteiger partial charge >= 0.3 is 5.97 Å². The molecule has 0 aliphatic heterocycles. The highest BCUT2D eigenvalue weighted by molar-refractivity contribution is 7.91. The average Bonchev–Trinajstić information content (AvgIpc) is 2.82. The van der Waals surface area contributed by atoms with Crippen LogP contribution in [0.1, 0.15) is 37.4 Å². The summed E-state index contributed by atoms with van der Waals surface area (Å²) in [6.07, 6.45) is 0.586. The van der Waals surface area contributed by atoms with Crippen molar-refractivity contribution in [2.45, 2.75) is 23.1 Å². The molecule has 0 spiro atoms. The lowest BCUT2D eigenvalue weighted by Gasteiger charge is -2.21. The van der Waals surface area contributed by atoms with E-state index < -0.39 is 20.7 Å². The summed E-state index contributed by atoms with van der Waals surface area (Å²) in [5, 5.41) is 0. The highest BCUT2D eigenvalue weighted by atomic mass is 32.2. The van der Waals surface area contributed by atoms with Crippen LogP contribution in [0, 0.1) is 6.92 Å². The third kappa shape index (κ3) is 4.09. The van der Waals surface area contributed by atoms with E-state index in [-0.39, 0.29) is 28.1 Å². The molecule has 8 heteroatoms. The zero-order valence-electron chi connectivity index (χ0n) is 17.9. The lowest BCUT2D eigenvalue weighted by molar-refractivity contribution is 0.0595. The van der Waals surface area contributed by atoms with Crippen LogP contribution in [0.4, 0.5) is 5.69 Å². The number of carbonyl (C=O) groups excluding carboxylic acids is 2. The molecule has 0 aliphatic rings. The predicted octanol–water partition coefficient (Wildman–Crippen LogP) is 3.61. The van der Waals surface area contributed by atoms with Gasteiger partial charge in [0, 0.05) is 5.69 Å². The first-order valence-electron chi connectivity index (χ1n) is 9.67. The minimum absolute atomic E-state index is 0.00525. The topological polar surface area (TPSA) is 113 Å². The molecular formula is C24H23NO6S. The number of rotatable bonds is 7. The number of ether oxygens (including phenoxy) is 2.